The summed E-state index contributed by atoms with van der Waals surface area (Å²) in [6.07, 6.45) is 3.32. The number of benzene rings is 1. The van der Waals surface area contributed by atoms with Gasteiger partial charge in [0.05, 0.1) is 10.9 Å². The molecule has 0 saturated heterocycles. The Morgan fingerprint density at radius 2 is 2.12 bits per heavy atom. The quantitative estimate of drug-likeness (QED) is 0.821. The fourth-order valence-electron chi connectivity index (χ4n) is 1.72. The molecule has 0 radical (unpaired) electrons. The van der Waals surface area contributed by atoms with E-state index in [9.17, 15) is 4.79 Å². The zero-order valence-corrected chi connectivity index (χ0v) is 9.90. The number of H-pyrrole nitrogens is 1. The molecule has 1 aromatic heterocycles. The molecule has 1 aromatic carbocycles. The first kappa shape index (κ1) is 11.6. The largest absolute Gasteiger partial charge is 0.418 e. The number of hydrogen-bond donors (Lipinski definition) is 1. The molecule has 0 fully saturated rings. The van der Waals surface area contributed by atoms with Gasteiger partial charge in [0.15, 0.2) is 0 Å². The van der Waals surface area contributed by atoms with E-state index in [4.69, 9.17) is 4.42 Å². The van der Waals surface area contributed by atoms with Gasteiger partial charge in [-0.05, 0) is 18.6 Å². The third-order valence-corrected chi connectivity index (χ3v) is 2.60. The van der Waals surface area contributed by atoms with Crippen LogP contribution < -0.4 is 11.3 Å². The lowest BCUT2D eigenvalue weighted by atomic mass is 10.2. The highest BCUT2D eigenvalue weighted by Crippen LogP contribution is 2.03. The van der Waals surface area contributed by atoms with Crippen molar-refractivity contribution in [1.82, 2.24) is 4.98 Å². The van der Waals surface area contributed by atoms with Crippen LogP contribution in [-0.4, -0.2) is 11.5 Å². The van der Waals surface area contributed by atoms with E-state index < -0.39 is 5.76 Å². The molecule has 0 bridgehead atoms. The summed E-state index contributed by atoms with van der Waals surface area (Å²) in [5.41, 5.74) is 1.19. The van der Waals surface area contributed by atoms with Crippen LogP contribution in [-0.2, 0) is 0 Å². The fourth-order valence-corrected chi connectivity index (χ4v) is 1.72. The third kappa shape index (κ3) is 2.84. The summed E-state index contributed by atoms with van der Waals surface area (Å²) in [6.45, 7) is 2.85. The smallest absolute Gasteiger partial charge is 0.391 e. The average Bonchev–Trinajstić information content (AvgIpc) is 2.34. The molecule has 0 spiro atoms. The van der Waals surface area contributed by atoms with E-state index in [0.717, 1.165) is 30.2 Å². The van der Waals surface area contributed by atoms with Crippen LogP contribution in [0.2, 0.25) is 0 Å². The number of aromatic nitrogens is 1. The van der Waals surface area contributed by atoms with Gasteiger partial charge >= 0.3 is 5.76 Å². The molecule has 0 atom stereocenters. The number of para-hydroxylation sites is 1. The van der Waals surface area contributed by atoms with Gasteiger partial charge in [-0.3, -0.25) is 9.98 Å². The summed E-state index contributed by atoms with van der Waals surface area (Å²) in [5.74, 6) is -0.460. The molecule has 17 heavy (non-hydrogen) atoms. The van der Waals surface area contributed by atoms with Crippen LogP contribution >= 0.6 is 0 Å². The minimum Gasteiger partial charge on any atom is -0.391 e. The van der Waals surface area contributed by atoms with E-state index in [-0.39, 0.29) is 0 Å². The average molecular weight is 232 g/mol. The standard InChI is InChI=1S/C13H16N2O2/c1-2-3-6-9-14-12-10-7-4-5-8-11(10)15-13(16)17-12/h4-5,7-8H,2-3,6,9H2,1H3,(H,15,16)/b14-12+. The fraction of sp³-hybridized carbons (Fsp3) is 0.385. The Morgan fingerprint density at radius 1 is 1.29 bits per heavy atom. The number of unbranched alkanes of at least 4 members (excludes halogenated alkanes) is 2. The highest BCUT2D eigenvalue weighted by molar-refractivity contribution is 5.76. The highest BCUT2D eigenvalue weighted by Gasteiger charge is 1.98. The van der Waals surface area contributed by atoms with Crippen molar-refractivity contribution in [3.8, 4) is 0 Å². The number of fused-ring (bicyclic) bond motifs is 1. The van der Waals surface area contributed by atoms with E-state index >= 15 is 0 Å². The van der Waals surface area contributed by atoms with Crippen LogP contribution in [0, 0.1) is 0 Å². The number of aromatic amines is 1. The summed E-state index contributed by atoms with van der Waals surface area (Å²) >= 11 is 0. The lowest BCUT2D eigenvalue weighted by Gasteiger charge is -1.97. The molecular formula is C13H16N2O2. The lowest BCUT2D eigenvalue weighted by molar-refractivity contribution is 0.441. The van der Waals surface area contributed by atoms with Crippen LogP contribution in [0.4, 0.5) is 0 Å². The van der Waals surface area contributed by atoms with Crippen molar-refractivity contribution in [3.05, 3.63) is 40.4 Å². The zero-order chi connectivity index (χ0) is 12.1. The third-order valence-electron chi connectivity index (χ3n) is 2.60. The molecule has 1 N–H and O–H groups in total. The number of nitrogens with zero attached hydrogens (tertiary/aromatic N) is 1. The van der Waals surface area contributed by atoms with Gasteiger partial charge in [-0.25, -0.2) is 4.79 Å². The monoisotopic (exact) mass is 232 g/mol. The van der Waals surface area contributed by atoms with E-state index in [1.807, 2.05) is 24.3 Å². The molecule has 4 nitrogen and oxygen atoms in total. The maximum atomic E-state index is 11.3. The Morgan fingerprint density at radius 3 is 2.94 bits per heavy atom. The van der Waals surface area contributed by atoms with Crippen LogP contribution in [0.3, 0.4) is 0 Å². The number of rotatable bonds is 4. The van der Waals surface area contributed by atoms with Crippen molar-refractivity contribution in [2.45, 2.75) is 26.2 Å². The molecule has 1 heterocycles. The SMILES string of the molecule is CCCCC/N=c1/oc(=O)[nH]c2ccccc12. The van der Waals surface area contributed by atoms with Crippen molar-refractivity contribution in [3.63, 3.8) is 0 Å². The Balaban J connectivity index is 2.41. The second-order valence-corrected chi connectivity index (χ2v) is 3.95. The Hall–Kier alpha value is -1.84. The Labute approximate surface area is 99.0 Å². The van der Waals surface area contributed by atoms with E-state index in [1.165, 1.54) is 0 Å². The minimum absolute atomic E-state index is 0.431. The minimum atomic E-state index is -0.460. The van der Waals surface area contributed by atoms with Gasteiger partial charge in [-0.1, -0.05) is 31.9 Å². The van der Waals surface area contributed by atoms with E-state index in [2.05, 4.69) is 16.9 Å². The van der Waals surface area contributed by atoms with Gasteiger partial charge in [0, 0.05) is 6.54 Å². The van der Waals surface area contributed by atoms with E-state index in [0.29, 0.717) is 12.1 Å². The summed E-state index contributed by atoms with van der Waals surface area (Å²) in [7, 11) is 0. The Kier molecular flexibility index (Phi) is 3.75. The van der Waals surface area contributed by atoms with E-state index in [1.54, 1.807) is 0 Å². The predicted octanol–water partition coefficient (Wildman–Crippen LogP) is 2.21. The summed E-state index contributed by atoms with van der Waals surface area (Å²) in [4.78, 5) is 18.3. The van der Waals surface area contributed by atoms with Crippen LogP contribution in [0.25, 0.3) is 10.9 Å². The first-order valence-corrected chi connectivity index (χ1v) is 5.94. The molecule has 2 aromatic rings. The highest BCUT2D eigenvalue weighted by atomic mass is 16.4. The second-order valence-electron chi connectivity index (χ2n) is 3.95. The van der Waals surface area contributed by atoms with Crippen LogP contribution in [0.15, 0.2) is 38.5 Å². The summed E-state index contributed by atoms with van der Waals surface area (Å²) in [6, 6.07) is 7.52. The normalized spacial score (nSPS) is 12.2. The zero-order valence-electron chi connectivity index (χ0n) is 9.90. The van der Waals surface area contributed by atoms with Gasteiger partial charge < -0.3 is 4.42 Å². The number of hydrogen-bond acceptors (Lipinski definition) is 3. The molecule has 90 valence electrons. The second kappa shape index (κ2) is 5.48. The lowest BCUT2D eigenvalue weighted by Crippen LogP contribution is -2.16. The topological polar surface area (TPSA) is 58.4 Å². The Bertz CT molecular complexity index is 610. The van der Waals surface area contributed by atoms with Gasteiger partial charge in [0.2, 0.25) is 5.55 Å². The molecule has 0 aliphatic carbocycles. The van der Waals surface area contributed by atoms with Crippen molar-refractivity contribution in [1.29, 1.82) is 0 Å². The van der Waals surface area contributed by atoms with Gasteiger partial charge in [0.25, 0.3) is 0 Å². The van der Waals surface area contributed by atoms with Crippen LogP contribution in [0.1, 0.15) is 26.2 Å². The predicted molar refractivity (Wildman–Crippen MR) is 66.8 cm³/mol. The van der Waals surface area contributed by atoms with Crippen molar-refractivity contribution in [2.24, 2.45) is 4.99 Å². The summed E-state index contributed by atoms with van der Waals surface area (Å²) < 4.78 is 5.09. The van der Waals surface area contributed by atoms with Crippen molar-refractivity contribution >= 4 is 10.9 Å². The van der Waals surface area contributed by atoms with Crippen LogP contribution in [0.5, 0.6) is 0 Å². The maximum Gasteiger partial charge on any atom is 0.418 e. The molecule has 2 rings (SSSR count). The molecule has 0 aliphatic rings. The van der Waals surface area contributed by atoms with Crippen molar-refractivity contribution in [2.75, 3.05) is 6.54 Å². The molecule has 0 amide bonds. The summed E-state index contributed by atoms with van der Waals surface area (Å²) in [5, 5.41) is 0.851. The molecule has 0 saturated carbocycles. The molecule has 0 aliphatic heterocycles. The maximum absolute atomic E-state index is 11.3. The molecule has 4 heteroatoms. The number of nitrogens with one attached hydrogen (secondary N) is 1. The van der Waals surface area contributed by atoms with Gasteiger partial charge in [-0.2, -0.15) is 0 Å². The first-order valence-electron chi connectivity index (χ1n) is 5.94. The van der Waals surface area contributed by atoms with Gasteiger partial charge in [-0.15, -0.1) is 0 Å². The van der Waals surface area contributed by atoms with Crippen molar-refractivity contribution < 1.29 is 4.42 Å². The molecular weight excluding hydrogens is 216 g/mol. The molecule has 0 unspecified atom stereocenters. The first-order chi connectivity index (χ1) is 8.31. The van der Waals surface area contributed by atoms with Gasteiger partial charge in [0.1, 0.15) is 0 Å².